The number of nitriles is 1. The summed E-state index contributed by atoms with van der Waals surface area (Å²) in [6, 6.07) is 23.0. The van der Waals surface area contributed by atoms with Gasteiger partial charge in [-0.25, -0.2) is 0 Å². The van der Waals surface area contributed by atoms with Gasteiger partial charge in [0.1, 0.15) is 0 Å². The summed E-state index contributed by atoms with van der Waals surface area (Å²) in [5.74, 6) is 0. The average Bonchev–Trinajstić information content (AvgIpc) is 2.53. The molecule has 0 aliphatic carbocycles. The third kappa shape index (κ3) is 4.18. The maximum absolute atomic E-state index is 9.05. The topological polar surface area (TPSA) is 35.8 Å². The maximum atomic E-state index is 9.05. The van der Waals surface area contributed by atoms with Gasteiger partial charge in [0.05, 0.1) is 12.5 Å². The van der Waals surface area contributed by atoms with Crippen molar-refractivity contribution in [3.05, 3.63) is 71.8 Å². The fourth-order valence-electron chi connectivity index (χ4n) is 2.45. The molecule has 21 heavy (non-hydrogen) atoms. The van der Waals surface area contributed by atoms with Crippen molar-refractivity contribution in [2.45, 2.75) is 31.7 Å². The van der Waals surface area contributed by atoms with Crippen molar-refractivity contribution in [2.24, 2.45) is 0 Å². The molecule has 0 aliphatic rings. The minimum Gasteiger partial charge on any atom is -0.308 e. The molecule has 0 aromatic heterocycles. The third-order valence-corrected chi connectivity index (χ3v) is 3.84. The molecule has 0 spiro atoms. The molecule has 0 heterocycles. The molecule has 108 valence electrons. The van der Waals surface area contributed by atoms with E-state index >= 15 is 0 Å². The van der Waals surface area contributed by atoms with Gasteiger partial charge in [0.15, 0.2) is 0 Å². The Morgan fingerprint density at radius 3 is 2.14 bits per heavy atom. The second-order valence-corrected chi connectivity index (χ2v) is 5.96. The average molecular weight is 278 g/mol. The van der Waals surface area contributed by atoms with Crippen LogP contribution >= 0.6 is 0 Å². The number of hydrogen-bond donors (Lipinski definition) is 1. The molecular formula is C19H22N2. The lowest BCUT2D eigenvalue weighted by molar-refractivity contribution is 0.424. The van der Waals surface area contributed by atoms with Gasteiger partial charge in [0.2, 0.25) is 0 Å². The standard InChI is InChI=1S/C19H22N2/c1-19(2,17-11-7-4-8-12-17)15-21-18(13-14-20)16-9-5-3-6-10-16/h3-12,18,21H,13,15H2,1-2H3. The van der Waals surface area contributed by atoms with E-state index in [2.05, 4.69) is 61.6 Å². The van der Waals surface area contributed by atoms with E-state index in [9.17, 15) is 0 Å². The first-order valence-corrected chi connectivity index (χ1v) is 7.34. The summed E-state index contributed by atoms with van der Waals surface area (Å²) in [5, 5.41) is 12.6. The highest BCUT2D eigenvalue weighted by Crippen LogP contribution is 2.24. The van der Waals surface area contributed by atoms with Crippen molar-refractivity contribution in [2.75, 3.05) is 6.54 Å². The monoisotopic (exact) mass is 278 g/mol. The van der Waals surface area contributed by atoms with Crippen LogP contribution in [0.3, 0.4) is 0 Å². The zero-order valence-corrected chi connectivity index (χ0v) is 12.7. The number of hydrogen-bond acceptors (Lipinski definition) is 2. The first-order chi connectivity index (χ1) is 10.1. The highest BCUT2D eigenvalue weighted by molar-refractivity contribution is 5.25. The summed E-state index contributed by atoms with van der Waals surface area (Å²) in [6.07, 6.45) is 0.481. The Bertz CT molecular complexity index is 582. The lowest BCUT2D eigenvalue weighted by Crippen LogP contribution is -2.35. The van der Waals surface area contributed by atoms with Gasteiger partial charge in [0, 0.05) is 18.0 Å². The Morgan fingerprint density at radius 2 is 1.57 bits per heavy atom. The molecule has 2 aromatic carbocycles. The van der Waals surface area contributed by atoms with Crippen LogP contribution < -0.4 is 5.32 Å². The molecule has 0 bridgehead atoms. The zero-order chi connectivity index (χ0) is 15.1. The van der Waals surface area contributed by atoms with Crippen LogP contribution in [0.1, 0.15) is 37.4 Å². The van der Waals surface area contributed by atoms with Gasteiger partial charge in [-0.05, 0) is 11.1 Å². The summed E-state index contributed by atoms with van der Waals surface area (Å²) in [7, 11) is 0. The minimum absolute atomic E-state index is 0.0315. The van der Waals surface area contributed by atoms with Gasteiger partial charge in [-0.3, -0.25) is 0 Å². The molecule has 1 unspecified atom stereocenters. The van der Waals surface area contributed by atoms with Gasteiger partial charge in [-0.2, -0.15) is 5.26 Å². The molecule has 0 saturated heterocycles. The Morgan fingerprint density at radius 1 is 1.00 bits per heavy atom. The van der Waals surface area contributed by atoms with Crippen molar-refractivity contribution in [1.82, 2.24) is 5.32 Å². The molecular weight excluding hydrogens is 256 g/mol. The van der Waals surface area contributed by atoms with Crippen molar-refractivity contribution in [3.63, 3.8) is 0 Å². The van der Waals surface area contributed by atoms with Crippen LogP contribution in [0.5, 0.6) is 0 Å². The van der Waals surface area contributed by atoms with Crippen LogP contribution in [0.15, 0.2) is 60.7 Å². The number of nitrogens with one attached hydrogen (secondary N) is 1. The maximum Gasteiger partial charge on any atom is 0.0641 e. The van der Waals surface area contributed by atoms with E-state index in [4.69, 9.17) is 5.26 Å². The van der Waals surface area contributed by atoms with Crippen LogP contribution in [0, 0.1) is 11.3 Å². The fourth-order valence-corrected chi connectivity index (χ4v) is 2.45. The van der Waals surface area contributed by atoms with Crippen molar-refractivity contribution in [3.8, 4) is 6.07 Å². The number of rotatable bonds is 6. The summed E-state index contributed by atoms with van der Waals surface area (Å²) < 4.78 is 0. The van der Waals surface area contributed by atoms with E-state index in [0.717, 1.165) is 6.54 Å². The molecule has 1 N–H and O–H groups in total. The van der Waals surface area contributed by atoms with Crippen LogP contribution in [-0.4, -0.2) is 6.54 Å². The third-order valence-electron chi connectivity index (χ3n) is 3.84. The fraction of sp³-hybridized carbons (Fsp3) is 0.316. The van der Waals surface area contributed by atoms with Gasteiger partial charge < -0.3 is 5.32 Å². The summed E-state index contributed by atoms with van der Waals surface area (Å²) in [4.78, 5) is 0. The quantitative estimate of drug-likeness (QED) is 0.859. The Labute approximate surface area is 127 Å². The summed E-state index contributed by atoms with van der Waals surface area (Å²) in [5.41, 5.74) is 2.51. The van der Waals surface area contributed by atoms with Crippen LogP contribution in [-0.2, 0) is 5.41 Å². The molecule has 0 aliphatic heterocycles. The summed E-state index contributed by atoms with van der Waals surface area (Å²) >= 11 is 0. The number of benzene rings is 2. The van der Waals surface area contributed by atoms with Crippen molar-refractivity contribution in [1.29, 1.82) is 5.26 Å². The molecule has 0 saturated carbocycles. The lowest BCUT2D eigenvalue weighted by atomic mass is 9.84. The van der Waals surface area contributed by atoms with E-state index < -0.39 is 0 Å². The highest BCUT2D eigenvalue weighted by atomic mass is 14.9. The largest absolute Gasteiger partial charge is 0.308 e. The molecule has 1 atom stereocenters. The Hall–Kier alpha value is -2.11. The molecule has 0 radical (unpaired) electrons. The smallest absolute Gasteiger partial charge is 0.0641 e. The first kappa shape index (κ1) is 15.3. The normalized spacial score (nSPS) is 12.6. The van der Waals surface area contributed by atoms with Gasteiger partial charge >= 0.3 is 0 Å². The van der Waals surface area contributed by atoms with Crippen LogP contribution in [0.25, 0.3) is 0 Å². The predicted molar refractivity (Wildman–Crippen MR) is 86.9 cm³/mol. The van der Waals surface area contributed by atoms with Crippen molar-refractivity contribution >= 4 is 0 Å². The predicted octanol–water partition coefficient (Wildman–Crippen LogP) is 4.21. The first-order valence-electron chi connectivity index (χ1n) is 7.34. The lowest BCUT2D eigenvalue weighted by Gasteiger charge is -2.28. The molecule has 2 aromatic rings. The van der Waals surface area contributed by atoms with Gasteiger partial charge in [-0.1, -0.05) is 74.5 Å². The summed E-state index contributed by atoms with van der Waals surface area (Å²) in [6.45, 7) is 5.28. The minimum atomic E-state index is 0.0315. The molecule has 0 amide bonds. The van der Waals surface area contributed by atoms with E-state index in [0.29, 0.717) is 6.42 Å². The van der Waals surface area contributed by atoms with E-state index in [1.54, 1.807) is 0 Å². The van der Waals surface area contributed by atoms with E-state index in [1.807, 2.05) is 24.3 Å². The van der Waals surface area contributed by atoms with Crippen molar-refractivity contribution < 1.29 is 0 Å². The van der Waals surface area contributed by atoms with E-state index in [1.165, 1.54) is 11.1 Å². The van der Waals surface area contributed by atoms with Crippen LogP contribution in [0.4, 0.5) is 0 Å². The van der Waals surface area contributed by atoms with E-state index in [-0.39, 0.29) is 11.5 Å². The molecule has 2 heteroatoms. The number of nitrogens with zero attached hydrogens (tertiary/aromatic N) is 1. The van der Waals surface area contributed by atoms with Crippen LogP contribution in [0.2, 0.25) is 0 Å². The molecule has 0 fully saturated rings. The second-order valence-electron chi connectivity index (χ2n) is 5.96. The van der Waals surface area contributed by atoms with Gasteiger partial charge in [-0.15, -0.1) is 0 Å². The Balaban J connectivity index is 2.07. The molecule has 2 nitrogen and oxygen atoms in total. The Kier molecular flexibility index (Phi) is 5.14. The molecule has 2 rings (SSSR count). The SMILES string of the molecule is CC(C)(CNC(CC#N)c1ccccc1)c1ccccc1. The second kappa shape index (κ2) is 7.06. The van der Waals surface area contributed by atoms with Gasteiger partial charge in [0.25, 0.3) is 0 Å². The highest BCUT2D eigenvalue weighted by Gasteiger charge is 2.22. The zero-order valence-electron chi connectivity index (χ0n) is 12.7.